The molecular formula is C21H20N2O4S. The van der Waals surface area contributed by atoms with E-state index in [0.29, 0.717) is 17.0 Å². The number of aromatic nitrogens is 2. The topological polar surface area (TPSA) is 81.3 Å². The van der Waals surface area contributed by atoms with E-state index < -0.39 is 5.97 Å². The SMILES string of the molecule is COc1cccc(C=CC(=O)OCc2nc3sc4c(c3c(=O)[nH]2)CCCC4)c1. The zero-order valence-corrected chi connectivity index (χ0v) is 16.3. The molecule has 0 saturated carbocycles. The van der Waals surface area contributed by atoms with Crippen LogP contribution < -0.4 is 10.3 Å². The summed E-state index contributed by atoms with van der Waals surface area (Å²) in [5.41, 5.74) is 1.82. The van der Waals surface area contributed by atoms with Crippen molar-refractivity contribution in [2.24, 2.45) is 0 Å². The zero-order chi connectivity index (χ0) is 19.5. The van der Waals surface area contributed by atoms with Crippen LogP contribution in [0.4, 0.5) is 0 Å². The highest BCUT2D eigenvalue weighted by atomic mass is 32.1. The van der Waals surface area contributed by atoms with Crippen molar-refractivity contribution in [3.63, 3.8) is 0 Å². The molecular weight excluding hydrogens is 376 g/mol. The molecule has 0 aliphatic heterocycles. The maximum absolute atomic E-state index is 12.5. The number of aromatic amines is 1. The number of nitrogens with one attached hydrogen (secondary N) is 1. The Hall–Kier alpha value is -2.93. The van der Waals surface area contributed by atoms with Gasteiger partial charge in [0, 0.05) is 11.0 Å². The minimum atomic E-state index is -0.504. The van der Waals surface area contributed by atoms with Crippen molar-refractivity contribution >= 4 is 33.6 Å². The number of H-pyrrole nitrogens is 1. The lowest BCUT2D eigenvalue weighted by Crippen LogP contribution is -2.14. The van der Waals surface area contributed by atoms with Gasteiger partial charge in [-0.15, -0.1) is 11.3 Å². The van der Waals surface area contributed by atoms with E-state index in [0.717, 1.165) is 41.6 Å². The molecule has 28 heavy (non-hydrogen) atoms. The van der Waals surface area contributed by atoms with Crippen molar-refractivity contribution < 1.29 is 14.3 Å². The van der Waals surface area contributed by atoms with E-state index in [1.165, 1.54) is 11.0 Å². The van der Waals surface area contributed by atoms with Crippen LogP contribution in [0.1, 0.15) is 34.7 Å². The quantitative estimate of drug-likeness (QED) is 0.526. The van der Waals surface area contributed by atoms with Crippen LogP contribution in [0.25, 0.3) is 16.3 Å². The molecule has 144 valence electrons. The molecule has 2 aromatic heterocycles. The van der Waals surface area contributed by atoms with Gasteiger partial charge in [0.05, 0.1) is 12.5 Å². The number of methoxy groups -OCH3 is 1. The molecule has 0 unspecified atom stereocenters. The third-order valence-corrected chi connectivity index (χ3v) is 5.92. The first-order valence-corrected chi connectivity index (χ1v) is 9.98. The number of nitrogens with zero attached hydrogens (tertiary/aromatic N) is 1. The van der Waals surface area contributed by atoms with Crippen molar-refractivity contribution in [2.75, 3.05) is 7.11 Å². The van der Waals surface area contributed by atoms with Crippen LogP contribution in [0, 0.1) is 0 Å². The monoisotopic (exact) mass is 396 g/mol. The summed E-state index contributed by atoms with van der Waals surface area (Å²) in [7, 11) is 1.59. The fourth-order valence-corrected chi connectivity index (χ4v) is 4.65. The van der Waals surface area contributed by atoms with Crippen molar-refractivity contribution in [2.45, 2.75) is 32.3 Å². The van der Waals surface area contributed by atoms with Crippen LogP contribution in [0.15, 0.2) is 35.1 Å². The molecule has 2 heterocycles. The van der Waals surface area contributed by atoms with Gasteiger partial charge in [-0.1, -0.05) is 12.1 Å². The number of ether oxygens (including phenoxy) is 2. The lowest BCUT2D eigenvalue weighted by atomic mass is 9.97. The van der Waals surface area contributed by atoms with E-state index in [4.69, 9.17) is 9.47 Å². The van der Waals surface area contributed by atoms with Crippen LogP contribution >= 0.6 is 11.3 Å². The standard InChI is InChI=1S/C21H20N2O4S/c1-26-14-6-4-5-13(11-14)9-10-18(24)27-12-17-22-20(25)19-15-7-2-3-8-16(15)28-21(19)23-17/h4-6,9-11H,2-3,7-8,12H2,1H3,(H,22,23,25). The van der Waals surface area contributed by atoms with Gasteiger partial charge in [0.2, 0.25) is 0 Å². The second kappa shape index (κ2) is 7.98. The summed E-state index contributed by atoms with van der Waals surface area (Å²) in [5.74, 6) is 0.569. The van der Waals surface area contributed by atoms with Gasteiger partial charge >= 0.3 is 5.97 Å². The van der Waals surface area contributed by atoms with E-state index in [9.17, 15) is 9.59 Å². The number of benzene rings is 1. The second-order valence-corrected chi connectivity index (χ2v) is 7.70. The van der Waals surface area contributed by atoms with Crippen molar-refractivity contribution in [3.05, 3.63) is 62.5 Å². The summed E-state index contributed by atoms with van der Waals surface area (Å²) in [5, 5.41) is 0.702. The zero-order valence-electron chi connectivity index (χ0n) is 15.5. The molecule has 6 nitrogen and oxygen atoms in total. The van der Waals surface area contributed by atoms with Crippen LogP contribution in [0.2, 0.25) is 0 Å². The summed E-state index contributed by atoms with van der Waals surface area (Å²) < 4.78 is 10.4. The molecule has 0 saturated heterocycles. The number of hydrogen-bond acceptors (Lipinski definition) is 6. The summed E-state index contributed by atoms with van der Waals surface area (Å²) in [6.45, 7) is -0.0744. The smallest absolute Gasteiger partial charge is 0.331 e. The lowest BCUT2D eigenvalue weighted by Gasteiger charge is -2.09. The molecule has 4 rings (SSSR count). The Labute approximate surface area is 165 Å². The maximum atomic E-state index is 12.5. The van der Waals surface area contributed by atoms with E-state index in [1.54, 1.807) is 24.5 Å². The highest BCUT2D eigenvalue weighted by molar-refractivity contribution is 7.18. The fourth-order valence-electron chi connectivity index (χ4n) is 3.37. The van der Waals surface area contributed by atoms with Crippen molar-refractivity contribution in [1.29, 1.82) is 0 Å². The number of rotatable bonds is 5. The molecule has 0 fully saturated rings. The summed E-state index contributed by atoms with van der Waals surface area (Å²) in [6, 6.07) is 7.34. The van der Waals surface area contributed by atoms with Crippen LogP contribution in [0.3, 0.4) is 0 Å². The number of carbonyl (C=O) groups is 1. The van der Waals surface area contributed by atoms with Gasteiger partial charge in [0.1, 0.15) is 23.0 Å². The number of thiophene rings is 1. The molecule has 1 aliphatic carbocycles. The number of fused-ring (bicyclic) bond motifs is 3. The Balaban J connectivity index is 1.45. The highest BCUT2D eigenvalue weighted by Gasteiger charge is 2.19. The summed E-state index contributed by atoms with van der Waals surface area (Å²) in [4.78, 5) is 33.7. The molecule has 3 aromatic rings. The normalized spacial score (nSPS) is 13.6. The first kappa shape index (κ1) is 18.4. The van der Waals surface area contributed by atoms with Gasteiger partial charge in [-0.05, 0) is 55.0 Å². The largest absolute Gasteiger partial charge is 0.497 e. The van der Waals surface area contributed by atoms with Gasteiger partial charge in [0.15, 0.2) is 0 Å². The van der Waals surface area contributed by atoms with Gasteiger partial charge in [-0.2, -0.15) is 0 Å². The molecule has 0 spiro atoms. The van der Waals surface area contributed by atoms with E-state index >= 15 is 0 Å². The van der Waals surface area contributed by atoms with Gasteiger partial charge < -0.3 is 14.5 Å². The van der Waals surface area contributed by atoms with Crippen LogP contribution in [-0.2, 0) is 29.0 Å². The number of carbonyl (C=O) groups excluding carboxylic acids is 1. The molecule has 0 amide bonds. The molecule has 0 radical (unpaired) electrons. The number of aryl methyl sites for hydroxylation is 2. The van der Waals surface area contributed by atoms with E-state index in [1.807, 2.05) is 24.3 Å². The summed E-state index contributed by atoms with van der Waals surface area (Å²) in [6.07, 6.45) is 7.20. The first-order valence-electron chi connectivity index (χ1n) is 9.16. The Kier molecular flexibility index (Phi) is 5.25. The molecule has 1 N–H and O–H groups in total. The maximum Gasteiger partial charge on any atom is 0.331 e. The van der Waals surface area contributed by atoms with Crippen molar-refractivity contribution in [1.82, 2.24) is 9.97 Å². The average Bonchev–Trinajstić information content (AvgIpc) is 3.09. The third-order valence-electron chi connectivity index (χ3n) is 4.73. The lowest BCUT2D eigenvalue weighted by molar-refractivity contribution is -0.139. The minimum absolute atomic E-state index is 0.0744. The van der Waals surface area contributed by atoms with Crippen LogP contribution in [-0.4, -0.2) is 23.0 Å². The third kappa shape index (κ3) is 3.84. The van der Waals surface area contributed by atoms with Gasteiger partial charge in [-0.25, -0.2) is 9.78 Å². The van der Waals surface area contributed by atoms with Crippen LogP contribution in [0.5, 0.6) is 5.75 Å². The Morgan fingerprint density at radius 1 is 1.32 bits per heavy atom. The predicted octanol–water partition coefficient (Wildman–Crippen LogP) is 3.63. The van der Waals surface area contributed by atoms with Gasteiger partial charge in [0.25, 0.3) is 5.56 Å². The Morgan fingerprint density at radius 2 is 2.18 bits per heavy atom. The number of hydrogen-bond donors (Lipinski definition) is 1. The Bertz CT molecular complexity index is 1110. The van der Waals surface area contributed by atoms with E-state index in [-0.39, 0.29) is 12.2 Å². The summed E-state index contributed by atoms with van der Waals surface area (Å²) >= 11 is 1.58. The molecule has 7 heteroatoms. The predicted molar refractivity (Wildman–Crippen MR) is 109 cm³/mol. The molecule has 1 aromatic carbocycles. The minimum Gasteiger partial charge on any atom is -0.497 e. The highest BCUT2D eigenvalue weighted by Crippen LogP contribution is 2.33. The Morgan fingerprint density at radius 3 is 3.04 bits per heavy atom. The average molecular weight is 396 g/mol. The van der Waals surface area contributed by atoms with Gasteiger partial charge in [-0.3, -0.25) is 4.79 Å². The number of esters is 1. The molecule has 1 aliphatic rings. The van der Waals surface area contributed by atoms with E-state index in [2.05, 4.69) is 9.97 Å². The second-order valence-electron chi connectivity index (χ2n) is 6.62. The molecule has 0 bridgehead atoms. The first-order chi connectivity index (χ1) is 13.6. The molecule has 0 atom stereocenters. The van der Waals surface area contributed by atoms with Crippen molar-refractivity contribution in [3.8, 4) is 5.75 Å². The fraction of sp³-hybridized carbons (Fsp3) is 0.286.